The van der Waals surface area contributed by atoms with Crippen LogP contribution < -0.4 is 9.47 Å². The highest BCUT2D eigenvalue weighted by Crippen LogP contribution is 2.50. The highest BCUT2D eigenvalue weighted by Gasteiger charge is 2.39. The largest absolute Gasteiger partial charge is 0.491 e. The summed E-state index contributed by atoms with van der Waals surface area (Å²) in [6.45, 7) is 4.76. The molecule has 0 aromatic heterocycles. The van der Waals surface area contributed by atoms with Gasteiger partial charge in [0.2, 0.25) is 0 Å². The zero-order valence-electron chi connectivity index (χ0n) is 21.3. The zero-order valence-corrected chi connectivity index (χ0v) is 21.3. The smallest absolute Gasteiger partial charge is 0.126 e. The third-order valence-corrected chi connectivity index (χ3v) is 7.34. The van der Waals surface area contributed by atoms with E-state index < -0.39 is 0 Å². The van der Waals surface area contributed by atoms with Gasteiger partial charge in [-0.05, 0) is 37.8 Å². The average molecular weight is 469 g/mol. The molecule has 0 spiro atoms. The Morgan fingerprint density at radius 3 is 1.38 bits per heavy atom. The molecule has 0 aliphatic heterocycles. The Kier molecular flexibility index (Phi) is 10.7. The molecule has 1 aliphatic carbocycles. The topological polar surface area (TPSA) is 58.9 Å². The number of hydrogen-bond acceptors (Lipinski definition) is 4. The van der Waals surface area contributed by atoms with Gasteiger partial charge in [-0.2, -0.15) is 0 Å². The molecule has 0 saturated heterocycles. The van der Waals surface area contributed by atoms with Gasteiger partial charge in [-0.3, -0.25) is 0 Å². The van der Waals surface area contributed by atoms with Crippen molar-refractivity contribution in [1.82, 2.24) is 0 Å². The van der Waals surface area contributed by atoms with Crippen molar-refractivity contribution in [2.45, 2.75) is 89.9 Å². The molecule has 188 valence electrons. The first-order valence-corrected chi connectivity index (χ1v) is 13.3. The van der Waals surface area contributed by atoms with Gasteiger partial charge in [0.15, 0.2) is 0 Å². The predicted molar refractivity (Wildman–Crippen MR) is 139 cm³/mol. The lowest BCUT2D eigenvalue weighted by molar-refractivity contribution is 0.193. The number of ether oxygens (including phenoxy) is 2. The van der Waals surface area contributed by atoms with Crippen molar-refractivity contribution in [3.8, 4) is 11.5 Å². The molecule has 1 saturated carbocycles. The molecule has 2 aromatic rings. The lowest BCUT2D eigenvalue weighted by Gasteiger charge is -2.39. The summed E-state index contributed by atoms with van der Waals surface area (Å²) in [5.74, 6) is 1.80. The highest BCUT2D eigenvalue weighted by atomic mass is 16.5. The first-order valence-electron chi connectivity index (χ1n) is 13.3. The molecule has 0 heterocycles. The Hall–Kier alpha value is -2.04. The van der Waals surface area contributed by atoms with E-state index in [2.05, 4.69) is 50.2 Å². The molecule has 2 N–H and O–H groups in total. The molecule has 0 bridgehead atoms. The van der Waals surface area contributed by atoms with E-state index in [1.165, 1.54) is 56.1 Å². The van der Waals surface area contributed by atoms with E-state index in [0.717, 1.165) is 48.3 Å². The van der Waals surface area contributed by atoms with Gasteiger partial charge in [0.05, 0.1) is 13.2 Å². The molecule has 0 radical (unpaired) electrons. The van der Waals surface area contributed by atoms with Gasteiger partial charge in [-0.15, -0.1) is 0 Å². The van der Waals surface area contributed by atoms with Gasteiger partial charge in [0.1, 0.15) is 24.7 Å². The number of hydrogen-bond donors (Lipinski definition) is 2. The van der Waals surface area contributed by atoms with Crippen LogP contribution in [0.2, 0.25) is 0 Å². The van der Waals surface area contributed by atoms with E-state index in [1.807, 2.05) is 0 Å². The molecular formula is C30H44O4. The summed E-state index contributed by atoms with van der Waals surface area (Å²) in [5.41, 5.74) is 4.37. The third-order valence-electron chi connectivity index (χ3n) is 7.34. The lowest BCUT2D eigenvalue weighted by atomic mass is 9.66. The average Bonchev–Trinajstić information content (AvgIpc) is 2.83. The monoisotopic (exact) mass is 468 g/mol. The van der Waals surface area contributed by atoms with E-state index >= 15 is 0 Å². The van der Waals surface area contributed by atoms with Crippen molar-refractivity contribution in [3.05, 3.63) is 58.7 Å². The van der Waals surface area contributed by atoms with Crippen molar-refractivity contribution in [2.24, 2.45) is 0 Å². The van der Waals surface area contributed by atoms with Crippen LogP contribution in [-0.4, -0.2) is 36.6 Å². The molecule has 0 atom stereocenters. The van der Waals surface area contributed by atoms with Crippen LogP contribution in [0.3, 0.4) is 0 Å². The van der Waals surface area contributed by atoms with Crippen molar-refractivity contribution < 1.29 is 19.7 Å². The van der Waals surface area contributed by atoms with Crippen LogP contribution in [0, 0.1) is 13.8 Å². The van der Waals surface area contributed by atoms with E-state index in [4.69, 9.17) is 9.47 Å². The summed E-state index contributed by atoms with van der Waals surface area (Å²) < 4.78 is 12.4. The van der Waals surface area contributed by atoms with Crippen LogP contribution in [0.4, 0.5) is 0 Å². The summed E-state index contributed by atoms with van der Waals surface area (Å²) in [6, 6.07) is 12.9. The summed E-state index contributed by atoms with van der Waals surface area (Å²) in [5, 5.41) is 19.0. The van der Waals surface area contributed by atoms with Crippen LogP contribution in [0.5, 0.6) is 11.5 Å². The van der Waals surface area contributed by atoms with Crippen molar-refractivity contribution in [1.29, 1.82) is 0 Å². The van der Waals surface area contributed by atoms with Gasteiger partial charge >= 0.3 is 0 Å². The fourth-order valence-electron chi connectivity index (χ4n) is 5.64. The van der Waals surface area contributed by atoms with Crippen molar-refractivity contribution in [3.63, 3.8) is 0 Å². The summed E-state index contributed by atoms with van der Waals surface area (Å²) in [4.78, 5) is 0. The number of aliphatic hydroxyl groups is 2. The number of para-hydroxylation sites is 2. The minimum absolute atomic E-state index is 0.00389. The van der Waals surface area contributed by atoms with E-state index in [1.54, 1.807) is 0 Å². The highest BCUT2D eigenvalue weighted by molar-refractivity contribution is 5.56. The minimum Gasteiger partial charge on any atom is -0.491 e. The second-order valence-corrected chi connectivity index (χ2v) is 9.81. The Morgan fingerprint density at radius 1 is 0.618 bits per heavy atom. The maximum Gasteiger partial charge on any atom is 0.126 e. The second kappa shape index (κ2) is 13.7. The van der Waals surface area contributed by atoms with Crippen LogP contribution in [-0.2, 0) is 5.41 Å². The normalized spacial score (nSPS) is 17.4. The van der Waals surface area contributed by atoms with Crippen LogP contribution in [0.1, 0.15) is 92.9 Å². The number of benzene rings is 2. The van der Waals surface area contributed by atoms with Gasteiger partial charge in [-0.1, -0.05) is 94.2 Å². The first kappa shape index (κ1) is 26.6. The van der Waals surface area contributed by atoms with Gasteiger partial charge in [0, 0.05) is 16.5 Å². The van der Waals surface area contributed by atoms with Gasteiger partial charge in [0.25, 0.3) is 0 Å². The maximum atomic E-state index is 9.52. The quantitative estimate of drug-likeness (QED) is 0.456. The number of aliphatic hydroxyl groups excluding tert-OH is 2. The van der Waals surface area contributed by atoms with Crippen LogP contribution in [0.15, 0.2) is 36.4 Å². The Labute approximate surface area is 206 Å². The van der Waals surface area contributed by atoms with Crippen LogP contribution >= 0.6 is 0 Å². The molecule has 1 fully saturated rings. The fourth-order valence-corrected chi connectivity index (χ4v) is 5.64. The van der Waals surface area contributed by atoms with E-state index in [0.29, 0.717) is 0 Å². The summed E-state index contributed by atoms with van der Waals surface area (Å²) >= 11 is 0. The molecule has 34 heavy (non-hydrogen) atoms. The molecule has 4 nitrogen and oxygen atoms in total. The predicted octanol–water partition coefficient (Wildman–Crippen LogP) is 6.64. The van der Waals surface area contributed by atoms with Gasteiger partial charge in [-0.25, -0.2) is 0 Å². The van der Waals surface area contributed by atoms with E-state index in [-0.39, 0.29) is 31.8 Å². The molecule has 3 rings (SSSR count). The van der Waals surface area contributed by atoms with Crippen molar-refractivity contribution in [2.75, 3.05) is 26.4 Å². The lowest BCUT2D eigenvalue weighted by Crippen LogP contribution is -2.30. The van der Waals surface area contributed by atoms with Crippen molar-refractivity contribution >= 4 is 0 Å². The zero-order chi connectivity index (χ0) is 24.2. The summed E-state index contributed by atoms with van der Waals surface area (Å²) in [6.07, 6.45) is 13.4. The molecule has 4 heteroatoms. The Morgan fingerprint density at radius 2 is 1.00 bits per heavy atom. The van der Waals surface area contributed by atoms with Gasteiger partial charge < -0.3 is 19.7 Å². The Bertz CT molecular complexity index is 805. The second-order valence-electron chi connectivity index (χ2n) is 9.81. The molecule has 2 aromatic carbocycles. The maximum absolute atomic E-state index is 9.52. The molecular weight excluding hydrogens is 424 g/mol. The number of rotatable bonds is 8. The molecule has 1 aliphatic rings. The summed E-state index contributed by atoms with van der Waals surface area (Å²) in [7, 11) is 0. The number of aryl methyl sites for hydroxylation is 2. The molecule has 0 unspecified atom stereocenters. The Balaban J connectivity index is 2.19. The van der Waals surface area contributed by atoms with E-state index in [9.17, 15) is 10.2 Å². The minimum atomic E-state index is -0.243. The third kappa shape index (κ3) is 6.55. The SMILES string of the molecule is Cc1cccc(C2(c3cccc(C)c3OCCO)CCCCCCCCCCC2)c1OCCO. The molecule has 0 amide bonds. The fraction of sp³-hybridized carbons (Fsp3) is 0.600. The van der Waals surface area contributed by atoms with Crippen LogP contribution in [0.25, 0.3) is 0 Å². The standard InChI is InChI=1S/C30H44O4/c1-24-14-12-16-26(28(24)33-22-20-31)30(18-10-8-6-4-3-5-7-9-11-19-30)27-17-13-15-25(2)29(27)34-23-21-32/h12-17,31-32H,3-11,18-23H2,1-2H3. The first-order chi connectivity index (χ1) is 16.6.